The summed E-state index contributed by atoms with van der Waals surface area (Å²) in [7, 11) is 0. The third kappa shape index (κ3) is 1.35. The molecule has 0 radical (unpaired) electrons. The van der Waals surface area contributed by atoms with Gasteiger partial charge in [0.2, 0.25) is 0 Å². The molecule has 0 aliphatic heterocycles. The Kier molecular flexibility index (Phi) is 2.00. The van der Waals surface area contributed by atoms with Crippen LogP contribution in [-0.4, -0.2) is 5.78 Å². The summed E-state index contributed by atoms with van der Waals surface area (Å²) in [6.07, 6.45) is 4.13. The summed E-state index contributed by atoms with van der Waals surface area (Å²) >= 11 is 5.95. The van der Waals surface area contributed by atoms with E-state index in [-0.39, 0.29) is 0 Å². The summed E-state index contributed by atoms with van der Waals surface area (Å²) in [6.45, 7) is 0. The van der Waals surface area contributed by atoms with Crippen LogP contribution in [0, 0.1) is 29.6 Å². The standard InChI is InChI=1S/C15H15ClO/c16-11-3-1-2-10(7-11)15(17)14-12-8-4-5-9(6-8)13(12)14/h1-3,7-9,12-14H,4-6H2. The molecule has 0 aromatic heterocycles. The van der Waals surface area contributed by atoms with Crippen molar-refractivity contribution in [2.45, 2.75) is 19.3 Å². The van der Waals surface area contributed by atoms with Gasteiger partial charge in [-0.2, -0.15) is 0 Å². The summed E-state index contributed by atoms with van der Waals surface area (Å²) in [5.41, 5.74) is 0.816. The van der Waals surface area contributed by atoms with Crippen molar-refractivity contribution in [2.75, 3.05) is 0 Å². The number of benzene rings is 1. The van der Waals surface area contributed by atoms with Gasteiger partial charge in [-0.1, -0.05) is 23.7 Å². The van der Waals surface area contributed by atoms with Crippen LogP contribution in [0.3, 0.4) is 0 Å². The predicted molar refractivity (Wildman–Crippen MR) is 67.1 cm³/mol. The first-order chi connectivity index (χ1) is 8.25. The van der Waals surface area contributed by atoms with E-state index in [1.807, 2.05) is 24.3 Å². The van der Waals surface area contributed by atoms with Crippen molar-refractivity contribution < 1.29 is 4.79 Å². The highest BCUT2D eigenvalue weighted by molar-refractivity contribution is 6.31. The lowest BCUT2D eigenvalue weighted by atomic mass is 9.96. The van der Waals surface area contributed by atoms with Gasteiger partial charge in [0.15, 0.2) is 5.78 Å². The maximum atomic E-state index is 12.4. The van der Waals surface area contributed by atoms with Crippen LogP contribution in [-0.2, 0) is 0 Å². The molecule has 17 heavy (non-hydrogen) atoms. The Morgan fingerprint density at radius 3 is 2.53 bits per heavy atom. The fourth-order valence-electron chi connectivity index (χ4n) is 4.51. The van der Waals surface area contributed by atoms with E-state index in [1.54, 1.807) is 0 Å². The molecule has 4 rings (SSSR count). The topological polar surface area (TPSA) is 17.1 Å². The molecule has 0 amide bonds. The van der Waals surface area contributed by atoms with E-state index in [0.29, 0.717) is 16.7 Å². The van der Waals surface area contributed by atoms with Gasteiger partial charge in [0.25, 0.3) is 0 Å². The van der Waals surface area contributed by atoms with Crippen LogP contribution in [0.15, 0.2) is 24.3 Å². The molecule has 1 nitrogen and oxygen atoms in total. The number of Topliss-reactive ketones (excluding diaryl/α,β-unsaturated/α-hetero) is 1. The highest BCUT2D eigenvalue weighted by Crippen LogP contribution is 2.69. The lowest BCUT2D eigenvalue weighted by molar-refractivity contribution is 0.0944. The summed E-state index contributed by atoms with van der Waals surface area (Å²) < 4.78 is 0. The molecule has 0 heterocycles. The Hall–Kier alpha value is -0.820. The molecule has 0 N–H and O–H groups in total. The second kappa shape index (κ2) is 3.35. The maximum Gasteiger partial charge on any atom is 0.166 e. The first kappa shape index (κ1) is 10.1. The van der Waals surface area contributed by atoms with Crippen LogP contribution >= 0.6 is 11.6 Å². The number of fused-ring (bicyclic) bond motifs is 5. The molecule has 2 bridgehead atoms. The van der Waals surface area contributed by atoms with Gasteiger partial charge in [0, 0.05) is 16.5 Å². The Morgan fingerprint density at radius 1 is 1.18 bits per heavy atom. The second-order valence-corrected chi connectivity index (χ2v) is 6.32. The molecule has 3 saturated carbocycles. The molecule has 4 unspecified atom stereocenters. The molecule has 3 fully saturated rings. The van der Waals surface area contributed by atoms with E-state index in [4.69, 9.17) is 11.6 Å². The van der Waals surface area contributed by atoms with Gasteiger partial charge in [-0.3, -0.25) is 4.79 Å². The van der Waals surface area contributed by atoms with E-state index >= 15 is 0 Å². The number of rotatable bonds is 2. The Bertz CT molecular complexity index is 479. The molecule has 3 aliphatic carbocycles. The van der Waals surface area contributed by atoms with Gasteiger partial charge in [-0.15, -0.1) is 0 Å². The lowest BCUT2D eigenvalue weighted by Gasteiger charge is -2.07. The van der Waals surface area contributed by atoms with Gasteiger partial charge in [-0.05, 0) is 55.1 Å². The summed E-state index contributed by atoms with van der Waals surface area (Å²) in [5, 5.41) is 0.671. The fraction of sp³-hybridized carbons (Fsp3) is 0.533. The highest BCUT2D eigenvalue weighted by Gasteiger charge is 2.67. The minimum Gasteiger partial charge on any atom is -0.294 e. The number of hydrogen-bond donors (Lipinski definition) is 0. The largest absolute Gasteiger partial charge is 0.294 e. The third-order valence-corrected chi connectivity index (χ3v) is 5.38. The molecule has 0 saturated heterocycles. The molecular formula is C15H15ClO. The molecule has 0 spiro atoms. The molecule has 4 atom stereocenters. The van der Waals surface area contributed by atoms with Crippen LogP contribution in [0.4, 0.5) is 0 Å². The van der Waals surface area contributed by atoms with Gasteiger partial charge >= 0.3 is 0 Å². The molecule has 1 aromatic carbocycles. The second-order valence-electron chi connectivity index (χ2n) is 5.89. The van der Waals surface area contributed by atoms with E-state index in [1.165, 1.54) is 19.3 Å². The van der Waals surface area contributed by atoms with Crippen molar-refractivity contribution in [3.05, 3.63) is 34.9 Å². The Balaban J connectivity index is 1.60. The molecular weight excluding hydrogens is 232 g/mol. The van der Waals surface area contributed by atoms with Crippen molar-refractivity contribution in [3.63, 3.8) is 0 Å². The zero-order chi connectivity index (χ0) is 11.6. The zero-order valence-electron chi connectivity index (χ0n) is 9.60. The monoisotopic (exact) mass is 246 g/mol. The molecule has 88 valence electrons. The van der Waals surface area contributed by atoms with Gasteiger partial charge < -0.3 is 0 Å². The van der Waals surface area contributed by atoms with Crippen LogP contribution < -0.4 is 0 Å². The average molecular weight is 247 g/mol. The lowest BCUT2D eigenvalue weighted by Crippen LogP contribution is -2.09. The minimum absolute atomic E-state index is 0.333. The van der Waals surface area contributed by atoms with E-state index in [2.05, 4.69) is 0 Å². The van der Waals surface area contributed by atoms with Crippen molar-refractivity contribution in [1.29, 1.82) is 0 Å². The van der Waals surface area contributed by atoms with E-state index < -0.39 is 0 Å². The van der Waals surface area contributed by atoms with Gasteiger partial charge in [-0.25, -0.2) is 0 Å². The predicted octanol–water partition coefficient (Wildman–Crippen LogP) is 3.81. The first-order valence-electron chi connectivity index (χ1n) is 6.55. The minimum atomic E-state index is 0.333. The summed E-state index contributed by atoms with van der Waals surface area (Å²) in [5.74, 6) is 3.84. The van der Waals surface area contributed by atoms with Crippen molar-refractivity contribution >= 4 is 17.4 Å². The number of halogens is 1. The quantitative estimate of drug-likeness (QED) is 0.725. The molecule has 3 aliphatic rings. The summed E-state index contributed by atoms with van der Waals surface area (Å²) in [6, 6.07) is 7.43. The average Bonchev–Trinajstić information content (AvgIpc) is 2.76. The number of carbonyl (C=O) groups excluding carboxylic acids is 1. The van der Waals surface area contributed by atoms with Crippen molar-refractivity contribution in [1.82, 2.24) is 0 Å². The SMILES string of the molecule is O=C(c1cccc(Cl)c1)C1C2C3CCC(C3)C12. The smallest absolute Gasteiger partial charge is 0.166 e. The zero-order valence-corrected chi connectivity index (χ0v) is 10.4. The fourth-order valence-corrected chi connectivity index (χ4v) is 4.70. The maximum absolute atomic E-state index is 12.4. The first-order valence-corrected chi connectivity index (χ1v) is 6.93. The van der Waals surface area contributed by atoms with Crippen LogP contribution in [0.25, 0.3) is 0 Å². The van der Waals surface area contributed by atoms with E-state index in [0.717, 1.165) is 29.2 Å². The van der Waals surface area contributed by atoms with Gasteiger partial charge in [0.1, 0.15) is 0 Å². The number of ketones is 1. The van der Waals surface area contributed by atoms with Crippen LogP contribution in [0.1, 0.15) is 29.6 Å². The Labute approximate surface area is 106 Å². The molecule has 1 aromatic rings. The number of hydrogen-bond acceptors (Lipinski definition) is 1. The summed E-state index contributed by atoms with van der Waals surface area (Å²) in [4.78, 5) is 12.4. The van der Waals surface area contributed by atoms with Crippen molar-refractivity contribution in [2.24, 2.45) is 29.6 Å². The van der Waals surface area contributed by atoms with Crippen LogP contribution in [0.5, 0.6) is 0 Å². The number of carbonyl (C=O) groups is 1. The van der Waals surface area contributed by atoms with Crippen molar-refractivity contribution in [3.8, 4) is 0 Å². The highest BCUT2D eigenvalue weighted by atomic mass is 35.5. The van der Waals surface area contributed by atoms with E-state index in [9.17, 15) is 4.79 Å². The Morgan fingerprint density at radius 2 is 1.88 bits per heavy atom. The van der Waals surface area contributed by atoms with Gasteiger partial charge in [0.05, 0.1) is 0 Å². The third-order valence-electron chi connectivity index (χ3n) is 5.15. The molecule has 2 heteroatoms. The van der Waals surface area contributed by atoms with Crippen LogP contribution in [0.2, 0.25) is 5.02 Å². The normalized spacial score (nSPS) is 41.4.